The first-order valence-electron chi connectivity index (χ1n) is 5.75. The van der Waals surface area contributed by atoms with Gasteiger partial charge in [-0.25, -0.2) is 4.98 Å². The van der Waals surface area contributed by atoms with Crippen LogP contribution in [0.1, 0.15) is 39.4 Å². The molecule has 19 heavy (non-hydrogen) atoms. The summed E-state index contributed by atoms with van der Waals surface area (Å²) in [5, 5.41) is 1.83. The molecule has 1 unspecified atom stereocenters. The van der Waals surface area contributed by atoms with Gasteiger partial charge in [0.15, 0.2) is 0 Å². The van der Waals surface area contributed by atoms with E-state index in [0.29, 0.717) is 22.5 Å². The molecule has 0 radical (unpaired) electrons. The number of fused-ring (bicyclic) bond motifs is 1. The predicted octanol–water partition coefficient (Wildman–Crippen LogP) is 2.08. The van der Waals surface area contributed by atoms with Crippen LogP contribution in [0.5, 0.6) is 0 Å². The van der Waals surface area contributed by atoms with Gasteiger partial charge in [0.1, 0.15) is 0 Å². The van der Waals surface area contributed by atoms with Crippen LogP contribution in [0.3, 0.4) is 0 Å². The van der Waals surface area contributed by atoms with Gasteiger partial charge in [-0.15, -0.1) is 11.3 Å². The molecule has 0 saturated carbocycles. The van der Waals surface area contributed by atoms with Gasteiger partial charge in [-0.1, -0.05) is 6.07 Å². The van der Waals surface area contributed by atoms with E-state index in [2.05, 4.69) is 4.98 Å². The Labute approximate surface area is 113 Å². The summed E-state index contributed by atoms with van der Waals surface area (Å²) < 4.78 is 0. The molecule has 5 nitrogen and oxygen atoms in total. The number of amides is 2. The molecule has 0 spiro atoms. The van der Waals surface area contributed by atoms with Gasteiger partial charge in [0.2, 0.25) is 0 Å². The Morgan fingerprint density at radius 1 is 1.32 bits per heavy atom. The number of rotatable bonds is 2. The van der Waals surface area contributed by atoms with Crippen LogP contribution in [0, 0.1) is 0 Å². The van der Waals surface area contributed by atoms with Gasteiger partial charge in [-0.05, 0) is 19.1 Å². The number of hydrogen-bond donors (Lipinski definition) is 1. The van der Waals surface area contributed by atoms with Crippen molar-refractivity contribution in [3.05, 3.63) is 45.9 Å². The van der Waals surface area contributed by atoms with Crippen molar-refractivity contribution in [2.24, 2.45) is 0 Å². The summed E-state index contributed by atoms with van der Waals surface area (Å²) >= 11 is 1.43. The summed E-state index contributed by atoms with van der Waals surface area (Å²) in [6.45, 7) is 1.78. The van der Waals surface area contributed by atoms with Crippen LogP contribution >= 0.6 is 11.3 Å². The lowest BCUT2D eigenvalue weighted by molar-refractivity contribution is 0.0593. The summed E-state index contributed by atoms with van der Waals surface area (Å²) in [5.74, 6) is -0.661. The Morgan fingerprint density at radius 3 is 2.74 bits per heavy atom. The molecular weight excluding hydrogens is 262 g/mol. The maximum atomic E-state index is 12.4. The Hall–Kier alpha value is -2.21. The minimum Gasteiger partial charge on any atom is -0.398 e. The van der Waals surface area contributed by atoms with Crippen molar-refractivity contribution < 1.29 is 9.59 Å². The Bertz CT molecular complexity index is 667. The minimum atomic E-state index is -0.391. The number of anilines is 1. The lowest BCUT2D eigenvalue weighted by atomic mass is 10.1. The average molecular weight is 273 g/mol. The van der Waals surface area contributed by atoms with Crippen molar-refractivity contribution in [2.75, 3.05) is 5.73 Å². The second kappa shape index (κ2) is 4.17. The van der Waals surface area contributed by atoms with Crippen LogP contribution in [-0.2, 0) is 0 Å². The largest absolute Gasteiger partial charge is 0.398 e. The number of thiazole rings is 1. The molecule has 96 valence electrons. The first kappa shape index (κ1) is 11.9. The lowest BCUT2D eigenvalue weighted by Gasteiger charge is -2.20. The van der Waals surface area contributed by atoms with Gasteiger partial charge >= 0.3 is 0 Å². The fraction of sp³-hybridized carbons (Fsp3) is 0.154. The lowest BCUT2D eigenvalue weighted by Crippen LogP contribution is -2.32. The number of nitrogen functional groups attached to an aromatic ring is 1. The SMILES string of the molecule is CC(c1cscn1)N1C(=O)c2cccc(N)c2C1=O. The van der Waals surface area contributed by atoms with Crippen LogP contribution < -0.4 is 5.73 Å². The second-order valence-electron chi connectivity index (χ2n) is 4.34. The van der Waals surface area contributed by atoms with Gasteiger partial charge in [-0.2, -0.15) is 0 Å². The Kier molecular flexibility index (Phi) is 2.60. The third kappa shape index (κ3) is 1.64. The molecule has 1 aromatic heterocycles. The second-order valence-corrected chi connectivity index (χ2v) is 5.06. The summed E-state index contributed by atoms with van der Waals surface area (Å²) in [6, 6.07) is 4.54. The highest BCUT2D eigenvalue weighted by atomic mass is 32.1. The number of imide groups is 1. The Balaban J connectivity index is 2.06. The zero-order valence-electron chi connectivity index (χ0n) is 10.2. The molecule has 1 aromatic carbocycles. The molecule has 0 bridgehead atoms. The molecule has 2 aromatic rings. The standard InChI is InChI=1S/C13H11N3O2S/c1-7(10-5-19-6-15-10)16-12(17)8-3-2-4-9(14)11(8)13(16)18/h2-7H,14H2,1H3. The third-order valence-electron chi connectivity index (χ3n) is 3.25. The molecule has 0 fully saturated rings. The number of carbonyl (C=O) groups excluding carboxylic acids is 2. The first-order valence-corrected chi connectivity index (χ1v) is 6.70. The number of nitrogens with zero attached hydrogens (tertiary/aromatic N) is 2. The highest BCUT2D eigenvalue weighted by Gasteiger charge is 2.40. The number of benzene rings is 1. The Morgan fingerprint density at radius 2 is 2.11 bits per heavy atom. The van der Waals surface area contributed by atoms with Gasteiger partial charge in [0, 0.05) is 11.1 Å². The van der Waals surface area contributed by atoms with Crippen LogP contribution in [0.4, 0.5) is 5.69 Å². The molecule has 6 heteroatoms. The molecule has 2 N–H and O–H groups in total. The van der Waals surface area contributed by atoms with Crippen molar-refractivity contribution in [3.8, 4) is 0 Å². The van der Waals surface area contributed by atoms with E-state index in [1.165, 1.54) is 16.2 Å². The van der Waals surface area contributed by atoms with E-state index in [4.69, 9.17) is 5.73 Å². The van der Waals surface area contributed by atoms with Crippen molar-refractivity contribution in [3.63, 3.8) is 0 Å². The van der Waals surface area contributed by atoms with E-state index in [0.717, 1.165) is 0 Å². The molecule has 1 aliphatic rings. The number of carbonyl (C=O) groups is 2. The van der Waals surface area contributed by atoms with Gasteiger partial charge in [-0.3, -0.25) is 14.5 Å². The number of nitrogens with two attached hydrogens (primary N) is 1. The topological polar surface area (TPSA) is 76.3 Å². The minimum absolute atomic E-state index is 0.301. The van der Waals surface area contributed by atoms with Gasteiger partial charge < -0.3 is 5.73 Å². The van der Waals surface area contributed by atoms with Crippen molar-refractivity contribution in [2.45, 2.75) is 13.0 Å². The first-order chi connectivity index (χ1) is 9.11. The molecule has 2 amide bonds. The summed E-state index contributed by atoms with van der Waals surface area (Å²) in [5.41, 5.74) is 9.18. The molecule has 0 aliphatic carbocycles. The van der Waals surface area contributed by atoms with Crippen LogP contribution in [0.25, 0.3) is 0 Å². The molecular formula is C13H11N3O2S. The fourth-order valence-corrected chi connectivity index (χ4v) is 2.88. The molecule has 1 aliphatic heterocycles. The number of hydrogen-bond acceptors (Lipinski definition) is 5. The smallest absolute Gasteiger partial charge is 0.264 e. The fourth-order valence-electron chi connectivity index (χ4n) is 2.24. The molecule has 0 saturated heterocycles. The van der Waals surface area contributed by atoms with E-state index in [1.54, 1.807) is 30.6 Å². The summed E-state index contributed by atoms with van der Waals surface area (Å²) in [4.78, 5) is 30.1. The van der Waals surface area contributed by atoms with Crippen LogP contribution in [0.2, 0.25) is 0 Å². The quantitative estimate of drug-likeness (QED) is 0.671. The van der Waals surface area contributed by atoms with Crippen LogP contribution in [-0.4, -0.2) is 21.7 Å². The molecule has 3 rings (SSSR count). The maximum Gasteiger partial charge on any atom is 0.264 e. The predicted molar refractivity (Wildman–Crippen MR) is 71.9 cm³/mol. The number of aromatic nitrogens is 1. The summed E-state index contributed by atoms with van der Waals surface area (Å²) in [7, 11) is 0. The monoisotopic (exact) mass is 273 g/mol. The molecule has 2 heterocycles. The highest BCUT2D eigenvalue weighted by Crippen LogP contribution is 2.33. The normalized spacial score (nSPS) is 15.7. The average Bonchev–Trinajstić information content (AvgIpc) is 2.98. The van der Waals surface area contributed by atoms with Crippen LogP contribution in [0.15, 0.2) is 29.1 Å². The maximum absolute atomic E-state index is 12.4. The van der Waals surface area contributed by atoms with Crippen molar-refractivity contribution in [1.29, 1.82) is 0 Å². The van der Waals surface area contributed by atoms with Gasteiger partial charge in [0.05, 0.1) is 28.4 Å². The zero-order valence-corrected chi connectivity index (χ0v) is 11.0. The van der Waals surface area contributed by atoms with E-state index < -0.39 is 6.04 Å². The van der Waals surface area contributed by atoms with Gasteiger partial charge in [0.25, 0.3) is 11.8 Å². The third-order valence-corrected chi connectivity index (χ3v) is 3.85. The van der Waals surface area contributed by atoms with E-state index >= 15 is 0 Å². The van der Waals surface area contributed by atoms with E-state index in [-0.39, 0.29) is 11.8 Å². The van der Waals surface area contributed by atoms with E-state index in [1.807, 2.05) is 5.38 Å². The highest BCUT2D eigenvalue weighted by molar-refractivity contribution is 7.07. The zero-order chi connectivity index (χ0) is 13.6. The van der Waals surface area contributed by atoms with E-state index in [9.17, 15) is 9.59 Å². The molecule has 1 atom stereocenters. The van der Waals surface area contributed by atoms with Crippen molar-refractivity contribution in [1.82, 2.24) is 9.88 Å². The van der Waals surface area contributed by atoms with Crippen molar-refractivity contribution >= 4 is 28.8 Å². The summed E-state index contributed by atoms with van der Waals surface area (Å²) in [6.07, 6.45) is 0.